The summed E-state index contributed by atoms with van der Waals surface area (Å²) < 4.78 is 18.7. The molecule has 2 rings (SSSR count). The molecule has 1 aromatic rings. The molecule has 0 aromatic heterocycles. The molecule has 3 nitrogen and oxygen atoms in total. The van der Waals surface area contributed by atoms with E-state index < -0.39 is 11.3 Å². The molecule has 0 saturated heterocycles. The van der Waals surface area contributed by atoms with Gasteiger partial charge in [-0.15, -0.1) is 0 Å². The predicted octanol–water partition coefficient (Wildman–Crippen LogP) is 2.08. The Balaban J connectivity index is 0.000000461. The minimum absolute atomic E-state index is 0.615. The first-order valence-electron chi connectivity index (χ1n) is 4.69. The summed E-state index contributed by atoms with van der Waals surface area (Å²) in [6, 6.07) is 5.82. The first-order valence-corrected chi connectivity index (χ1v) is 5.76. The molecule has 1 heterocycles. The predicted molar refractivity (Wildman–Crippen MR) is 58.1 cm³/mol. The second kappa shape index (κ2) is 5.12. The third kappa shape index (κ3) is 2.56. The highest BCUT2D eigenvalue weighted by Gasteiger charge is 2.14. The Morgan fingerprint density at radius 1 is 1.43 bits per heavy atom. The fraction of sp³-hybridized carbons (Fsp3) is 0.400. The van der Waals surface area contributed by atoms with Crippen LogP contribution in [0.5, 0.6) is 5.75 Å². The van der Waals surface area contributed by atoms with Crippen molar-refractivity contribution in [3.63, 3.8) is 0 Å². The van der Waals surface area contributed by atoms with Gasteiger partial charge >= 0.3 is 0 Å². The quantitative estimate of drug-likeness (QED) is 0.716. The number of hydrogen-bond donors (Lipinski definition) is 1. The second-order valence-corrected chi connectivity index (χ2v) is 3.68. The molecule has 0 bridgehead atoms. The maximum absolute atomic E-state index is 10.9. The molecule has 78 valence electrons. The van der Waals surface area contributed by atoms with Crippen molar-refractivity contribution in [2.45, 2.75) is 27.3 Å². The maximum atomic E-state index is 10.9. The summed E-state index contributed by atoms with van der Waals surface area (Å²) in [7, 11) is 0. The molecule has 0 aliphatic carbocycles. The van der Waals surface area contributed by atoms with Crippen LogP contribution in [0.1, 0.15) is 25.0 Å². The van der Waals surface area contributed by atoms with Crippen molar-refractivity contribution < 1.29 is 8.39 Å². The van der Waals surface area contributed by atoms with Gasteiger partial charge in [0.05, 0.1) is 0 Å². The maximum Gasteiger partial charge on any atom is 0.288 e. The van der Waals surface area contributed by atoms with Gasteiger partial charge in [-0.25, -0.2) is 0 Å². The molecule has 0 spiro atoms. The number of fused-ring (bicyclic) bond motifs is 1. The van der Waals surface area contributed by atoms with E-state index in [1.165, 1.54) is 5.56 Å². The van der Waals surface area contributed by atoms with Crippen molar-refractivity contribution in [2.75, 3.05) is 0 Å². The van der Waals surface area contributed by atoms with Gasteiger partial charge in [-0.05, 0) is 13.0 Å². The van der Waals surface area contributed by atoms with Crippen LogP contribution in [-0.4, -0.2) is 4.21 Å². The number of aryl methyl sites for hydroxylation is 1. The van der Waals surface area contributed by atoms with Gasteiger partial charge in [0.15, 0.2) is 0 Å². The van der Waals surface area contributed by atoms with Crippen LogP contribution in [0.25, 0.3) is 0 Å². The number of rotatable bonds is 0. The van der Waals surface area contributed by atoms with Crippen LogP contribution >= 0.6 is 0 Å². The van der Waals surface area contributed by atoms with Crippen molar-refractivity contribution >= 4 is 11.3 Å². The molecule has 0 amide bonds. The van der Waals surface area contributed by atoms with Crippen LogP contribution in [0.15, 0.2) is 18.2 Å². The van der Waals surface area contributed by atoms with Gasteiger partial charge < -0.3 is 4.18 Å². The number of hydrogen-bond acceptors (Lipinski definition) is 2. The molecule has 1 N–H and O–H groups in total. The SMILES string of the molecule is CC.Cc1ccc2c(c1)CNS(=O)O2. The lowest BCUT2D eigenvalue weighted by atomic mass is 10.1. The summed E-state index contributed by atoms with van der Waals surface area (Å²) in [5, 5.41) is 0. The summed E-state index contributed by atoms with van der Waals surface area (Å²) in [4.78, 5) is 0. The first-order chi connectivity index (χ1) is 6.75. The third-order valence-electron chi connectivity index (χ3n) is 1.76. The van der Waals surface area contributed by atoms with Crippen LogP contribution in [0.2, 0.25) is 0 Å². The van der Waals surface area contributed by atoms with Crippen molar-refractivity contribution in [3.8, 4) is 5.75 Å². The van der Waals surface area contributed by atoms with Crippen LogP contribution < -0.4 is 8.91 Å². The summed E-state index contributed by atoms with van der Waals surface area (Å²) in [5.41, 5.74) is 2.25. The lowest BCUT2D eigenvalue weighted by molar-refractivity contribution is 0.524. The normalized spacial score (nSPS) is 18.6. The van der Waals surface area contributed by atoms with E-state index >= 15 is 0 Å². The monoisotopic (exact) mass is 213 g/mol. The van der Waals surface area contributed by atoms with E-state index in [4.69, 9.17) is 4.18 Å². The second-order valence-electron chi connectivity index (χ2n) is 2.75. The minimum atomic E-state index is -1.36. The van der Waals surface area contributed by atoms with Crippen molar-refractivity contribution in [1.29, 1.82) is 0 Å². The van der Waals surface area contributed by atoms with Gasteiger partial charge in [0.2, 0.25) is 0 Å². The zero-order valence-corrected chi connectivity index (χ0v) is 9.48. The molecular formula is C10H15NO2S. The highest BCUT2D eigenvalue weighted by molar-refractivity contribution is 7.78. The first kappa shape index (κ1) is 11.2. The highest BCUT2D eigenvalue weighted by atomic mass is 32.2. The van der Waals surface area contributed by atoms with E-state index in [0.29, 0.717) is 6.54 Å². The Kier molecular flexibility index (Phi) is 4.10. The Morgan fingerprint density at radius 2 is 2.14 bits per heavy atom. The Morgan fingerprint density at radius 3 is 2.86 bits per heavy atom. The zero-order chi connectivity index (χ0) is 10.6. The number of benzene rings is 1. The largest absolute Gasteiger partial charge is 0.389 e. The fourth-order valence-corrected chi connectivity index (χ4v) is 1.83. The van der Waals surface area contributed by atoms with Crippen molar-refractivity contribution in [1.82, 2.24) is 4.72 Å². The third-order valence-corrected chi connectivity index (χ3v) is 2.47. The van der Waals surface area contributed by atoms with Crippen LogP contribution in [0.3, 0.4) is 0 Å². The Labute approximate surface area is 87.3 Å². The van der Waals surface area contributed by atoms with Gasteiger partial charge in [0.1, 0.15) is 5.75 Å². The molecule has 1 aromatic carbocycles. The molecule has 1 unspecified atom stereocenters. The smallest absolute Gasteiger partial charge is 0.288 e. The summed E-state index contributed by atoms with van der Waals surface area (Å²) in [5.74, 6) is 0.720. The molecular weight excluding hydrogens is 198 g/mol. The van der Waals surface area contributed by atoms with Gasteiger partial charge in [-0.3, -0.25) is 0 Å². The van der Waals surface area contributed by atoms with E-state index in [2.05, 4.69) is 4.72 Å². The molecule has 0 fully saturated rings. The average molecular weight is 213 g/mol. The van der Waals surface area contributed by atoms with Crippen LogP contribution in [-0.2, 0) is 17.8 Å². The Hall–Kier alpha value is -0.870. The molecule has 14 heavy (non-hydrogen) atoms. The number of nitrogens with one attached hydrogen (secondary N) is 1. The summed E-state index contributed by atoms with van der Waals surface area (Å²) >= 11 is -1.36. The highest BCUT2D eigenvalue weighted by Crippen LogP contribution is 2.23. The fourth-order valence-electron chi connectivity index (χ4n) is 1.18. The average Bonchev–Trinajstić information content (AvgIpc) is 2.21. The van der Waals surface area contributed by atoms with Gasteiger partial charge in [0.25, 0.3) is 11.3 Å². The Bertz CT molecular complexity index is 339. The van der Waals surface area contributed by atoms with Crippen LogP contribution in [0, 0.1) is 6.92 Å². The lowest BCUT2D eigenvalue weighted by Crippen LogP contribution is -2.26. The van der Waals surface area contributed by atoms with E-state index in [-0.39, 0.29) is 0 Å². The molecule has 1 aliphatic rings. The standard InChI is InChI=1S/C8H9NO2S.C2H6/c1-6-2-3-8-7(4-6)5-9-12(10)11-8;1-2/h2-4,9H,5H2,1H3;1-2H3. The topological polar surface area (TPSA) is 38.3 Å². The van der Waals surface area contributed by atoms with Gasteiger partial charge in [0, 0.05) is 12.1 Å². The lowest BCUT2D eigenvalue weighted by Gasteiger charge is -2.16. The molecule has 0 saturated carbocycles. The molecule has 4 heteroatoms. The van der Waals surface area contributed by atoms with E-state index in [1.807, 2.05) is 39.0 Å². The molecule has 0 radical (unpaired) electrons. The minimum Gasteiger partial charge on any atom is -0.389 e. The molecule has 1 aliphatic heterocycles. The van der Waals surface area contributed by atoms with E-state index in [0.717, 1.165) is 11.3 Å². The summed E-state index contributed by atoms with van der Waals surface area (Å²) in [6.45, 7) is 6.63. The molecule has 1 atom stereocenters. The van der Waals surface area contributed by atoms with Gasteiger partial charge in [-0.2, -0.15) is 8.93 Å². The zero-order valence-electron chi connectivity index (χ0n) is 8.66. The summed E-state index contributed by atoms with van der Waals surface area (Å²) in [6.07, 6.45) is 0. The van der Waals surface area contributed by atoms with E-state index in [1.54, 1.807) is 0 Å². The van der Waals surface area contributed by atoms with Crippen LogP contribution in [0.4, 0.5) is 0 Å². The van der Waals surface area contributed by atoms with Crippen molar-refractivity contribution in [2.24, 2.45) is 0 Å². The van der Waals surface area contributed by atoms with Gasteiger partial charge in [-0.1, -0.05) is 31.5 Å². The van der Waals surface area contributed by atoms with Crippen molar-refractivity contribution in [3.05, 3.63) is 29.3 Å². The van der Waals surface area contributed by atoms with E-state index in [9.17, 15) is 4.21 Å².